The molecular weight excluding hydrogens is 468 g/mol. The average Bonchev–Trinajstić information content (AvgIpc) is 3.34. The Labute approximate surface area is 212 Å². The predicted molar refractivity (Wildman–Crippen MR) is 144 cm³/mol. The molecule has 0 aromatic heterocycles. The largest absolute Gasteiger partial charge is 0.495 e. The van der Waals surface area contributed by atoms with Gasteiger partial charge < -0.3 is 23.8 Å². The molecule has 1 aliphatic heterocycles. The van der Waals surface area contributed by atoms with E-state index in [9.17, 15) is 0 Å². The fourth-order valence-electron chi connectivity index (χ4n) is 3.70. The minimum Gasteiger partial charge on any atom is -0.495 e. The summed E-state index contributed by atoms with van der Waals surface area (Å²) in [7, 11) is 7.05. The number of nitrogens with one attached hydrogen (secondary N) is 1. The van der Waals surface area contributed by atoms with Gasteiger partial charge in [0.2, 0.25) is 0 Å². The van der Waals surface area contributed by atoms with Gasteiger partial charge in [-0.05, 0) is 81.7 Å². The number of halogens is 1. The maximum Gasteiger partial charge on any atom is 0.161 e. The Morgan fingerprint density at radius 3 is 2.12 bits per heavy atom. The lowest BCUT2D eigenvalue weighted by Crippen LogP contribution is -2.10. The molecule has 0 unspecified atom stereocenters. The number of benzene rings is 3. The summed E-state index contributed by atoms with van der Waals surface area (Å²) in [6, 6.07) is 17.9. The summed E-state index contributed by atoms with van der Waals surface area (Å²) in [6.07, 6.45) is 2.83. The maximum absolute atomic E-state index is 6.12. The van der Waals surface area contributed by atoms with Crippen molar-refractivity contribution < 1.29 is 14.2 Å². The lowest BCUT2D eigenvalue weighted by Gasteiger charge is -2.16. The standard InChI is InChI=1S/C22H22ClNO3S.C5H11N/c1-14-6-5-7-15(10-14)17-12-20(26-3)21(27-4)13-22(17)28-24-16-8-9-18(23)19(11-16)25-2;1-6-4-2-3-5-6/h5-13,24H,1-4H3;2-5H2,1H3. The highest BCUT2D eigenvalue weighted by Crippen LogP contribution is 2.41. The first-order chi connectivity index (χ1) is 16.4. The molecule has 34 heavy (non-hydrogen) atoms. The Balaban J connectivity index is 0.000000469. The van der Waals surface area contributed by atoms with Crippen molar-refractivity contribution in [1.29, 1.82) is 0 Å². The number of ether oxygens (including phenoxy) is 3. The summed E-state index contributed by atoms with van der Waals surface area (Å²) < 4.78 is 19.6. The van der Waals surface area contributed by atoms with Gasteiger partial charge >= 0.3 is 0 Å². The van der Waals surface area contributed by atoms with E-state index in [-0.39, 0.29) is 0 Å². The van der Waals surface area contributed by atoms with E-state index >= 15 is 0 Å². The van der Waals surface area contributed by atoms with Gasteiger partial charge in [-0.3, -0.25) is 0 Å². The third-order valence-electron chi connectivity index (χ3n) is 5.57. The molecule has 0 amide bonds. The van der Waals surface area contributed by atoms with Crippen molar-refractivity contribution in [2.45, 2.75) is 24.7 Å². The molecule has 1 heterocycles. The first kappa shape index (κ1) is 26.1. The van der Waals surface area contributed by atoms with Gasteiger partial charge in [-0.15, -0.1) is 0 Å². The van der Waals surface area contributed by atoms with Crippen LogP contribution >= 0.6 is 23.5 Å². The number of hydrogen-bond donors (Lipinski definition) is 1. The van der Waals surface area contributed by atoms with Crippen molar-refractivity contribution in [2.75, 3.05) is 46.2 Å². The molecule has 1 N–H and O–H groups in total. The van der Waals surface area contributed by atoms with Gasteiger partial charge in [0.1, 0.15) is 5.75 Å². The van der Waals surface area contributed by atoms with Gasteiger partial charge in [-0.1, -0.05) is 41.4 Å². The highest BCUT2D eigenvalue weighted by molar-refractivity contribution is 8.00. The van der Waals surface area contributed by atoms with E-state index in [2.05, 4.69) is 41.8 Å². The topological polar surface area (TPSA) is 43.0 Å². The zero-order valence-corrected chi connectivity index (χ0v) is 22.1. The van der Waals surface area contributed by atoms with Crippen LogP contribution in [0.4, 0.5) is 5.69 Å². The van der Waals surface area contributed by atoms with Crippen LogP contribution in [0.2, 0.25) is 5.02 Å². The predicted octanol–water partition coefficient (Wildman–Crippen LogP) is 7.17. The molecule has 1 saturated heterocycles. The van der Waals surface area contributed by atoms with Crippen LogP contribution in [0.5, 0.6) is 17.2 Å². The van der Waals surface area contributed by atoms with Crippen LogP contribution in [0.1, 0.15) is 18.4 Å². The summed E-state index contributed by atoms with van der Waals surface area (Å²) in [6.45, 7) is 4.72. The molecule has 4 rings (SSSR count). The fraction of sp³-hybridized carbons (Fsp3) is 0.333. The zero-order valence-electron chi connectivity index (χ0n) is 20.5. The number of rotatable bonds is 7. The summed E-state index contributed by atoms with van der Waals surface area (Å²) in [5.74, 6) is 1.99. The highest BCUT2D eigenvalue weighted by Gasteiger charge is 2.14. The number of aryl methyl sites for hydroxylation is 1. The summed E-state index contributed by atoms with van der Waals surface area (Å²) in [5.41, 5.74) is 4.24. The monoisotopic (exact) mass is 500 g/mol. The van der Waals surface area contributed by atoms with Crippen molar-refractivity contribution in [1.82, 2.24) is 4.90 Å². The third-order valence-corrected chi connectivity index (χ3v) is 6.78. The highest BCUT2D eigenvalue weighted by atomic mass is 35.5. The van der Waals surface area contributed by atoms with Crippen molar-refractivity contribution in [2.24, 2.45) is 0 Å². The number of anilines is 1. The van der Waals surface area contributed by atoms with E-state index in [4.69, 9.17) is 25.8 Å². The van der Waals surface area contributed by atoms with Gasteiger partial charge in [0.15, 0.2) is 11.5 Å². The number of nitrogens with zero attached hydrogens (tertiary/aromatic N) is 1. The molecule has 0 atom stereocenters. The van der Waals surface area contributed by atoms with Crippen LogP contribution in [0.3, 0.4) is 0 Å². The first-order valence-corrected chi connectivity index (χ1v) is 12.4. The smallest absolute Gasteiger partial charge is 0.161 e. The van der Waals surface area contributed by atoms with Gasteiger partial charge in [0.05, 0.1) is 26.4 Å². The summed E-state index contributed by atoms with van der Waals surface area (Å²) in [5, 5.41) is 0.574. The zero-order chi connectivity index (χ0) is 24.5. The minimum absolute atomic E-state index is 0.574. The molecule has 5 nitrogen and oxygen atoms in total. The summed E-state index contributed by atoms with van der Waals surface area (Å²) >= 11 is 7.61. The molecule has 182 valence electrons. The van der Waals surface area contributed by atoms with Crippen molar-refractivity contribution in [3.8, 4) is 28.4 Å². The maximum atomic E-state index is 6.12. The SMILES string of the molecule is CN1CCCC1.COc1cc(NSc2cc(OC)c(OC)cc2-c2cccc(C)c2)ccc1Cl. The van der Waals surface area contributed by atoms with Gasteiger partial charge in [0.25, 0.3) is 0 Å². The third kappa shape index (κ3) is 6.98. The second kappa shape index (κ2) is 12.8. The lowest BCUT2D eigenvalue weighted by atomic mass is 10.0. The normalized spacial score (nSPS) is 13.1. The van der Waals surface area contributed by atoms with E-state index in [0.717, 1.165) is 21.7 Å². The Hall–Kier alpha value is -2.54. The minimum atomic E-state index is 0.574. The number of methoxy groups -OCH3 is 3. The molecule has 7 heteroatoms. The van der Waals surface area contributed by atoms with E-state index < -0.39 is 0 Å². The first-order valence-electron chi connectivity index (χ1n) is 11.2. The second-order valence-corrected chi connectivity index (χ2v) is 9.39. The molecule has 0 bridgehead atoms. The van der Waals surface area contributed by atoms with Crippen LogP contribution in [0.25, 0.3) is 11.1 Å². The van der Waals surface area contributed by atoms with Crippen LogP contribution in [0.15, 0.2) is 59.5 Å². The second-order valence-electron chi connectivity index (χ2n) is 8.14. The lowest BCUT2D eigenvalue weighted by molar-refractivity contribution is 0.354. The molecule has 3 aromatic rings. The van der Waals surface area contributed by atoms with Crippen LogP contribution in [0, 0.1) is 6.92 Å². The van der Waals surface area contributed by atoms with Gasteiger partial charge in [-0.25, -0.2) is 0 Å². The van der Waals surface area contributed by atoms with Crippen LogP contribution in [-0.2, 0) is 0 Å². The Kier molecular flexibility index (Phi) is 9.81. The number of hydrogen-bond acceptors (Lipinski definition) is 6. The quantitative estimate of drug-likeness (QED) is 0.347. The van der Waals surface area contributed by atoms with Crippen molar-refractivity contribution in [3.05, 3.63) is 65.2 Å². The average molecular weight is 501 g/mol. The molecule has 1 aliphatic rings. The van der Waals surface area contributed by atoms with Crippen molar-refractivity contribution in [3.63, 3.8) is 0 Å². The number of likely N-dealkylation sites (tertiary alicyclic amines) is 1. The molecular formula is C27H33ClN2O3S. The van der Waals surface area contributed by atoms with Crippen LogP contribution < -0.4 is 18.9 Å². The van der Waals surface area contributed by atoms with E-state index in [1.807, 2.05) is 30.3 Å². The Bertz CT molecular complexity index is 1090. The molecule has 1 fully saturated rings. The van der Waals surface area contributed by atoms with Crippen LogP contribution in [-0.4, -0.2) is 46.4 Å². The van der Waals surface area contributed by atoms with E-state index in [1.165, 1.54) is 43.4 Å². The molecule has 0 saturated carbocycles. The van der Waals surface area contributed by atoms with E-state index in [1.54, 1.807) is 27.4 Å². The molecule has 0 radical (unpaired) electrons. The van der Waals surface area contributed by atoms with Gasteiger partial charge in [-0.2, -0.15) is 0 Å². The fourth-order valence-corrected chi connectivity index (χ4v) is 4.70. The summed E-state index contributed by atoms with van der Waals surface area (Å²) in [4.78, 5) is 3.37. The van der Waals surface area contributed by atoms with Gasteiger partial charge in [0, 0.05) is 22.2 Å². The molecule has 0 spiro atoms. The molecule has 3 aromatic carbocycles. The molecule has 0 aliphatic carbocycles. The van der Waals surface area contributed by atoms with E-state index in [0.29, 0.717) is 22.3 Å². The van der Waals surface area contributed by atoms with Crippen molar-refractivity contribution >= 4 is 29.2 Å². The Morgan fingerprint density at radius 1 is 0.853 bits per heavy atom. The Morgan fingerprint density at radius 2 is 1.53 bits per heavy atom.